The number of rotatable bonds is 6. The van der Waals surface area contributed by atoms with Gasteiger partial charge in [-0.3, -0.25) is 5.32 Å². The fourth-order valence-corrected chi connectivity index (χ4v) is 2.05. The van der Waals surface area contributed by atoms with Gasteiger partial charge in [-0.05, 0) is 32.2 Å². The normalized spacial score (nSPS) is 10.3. The van der Waals surface area contributed by atoms with Gasteiger partial charge in [-0.1, -0.05) is 11.6 Å². The molecule has 4 N–H and O–H groups in total. The van der Waals surface area contributed by atoms with E-state index in [0.717, 1.165) is 6.54 Å². The third-order valence-corrected chi connectivity index (χ3v) is 3.23. The largest absolute Gasteiger partial charge is 0.369 e. The Morgan fingerprint density at radius 2 is 2.00 bits per heavy atom. The van der Waals surface area contributed by atoms with E-state index in [1.165, 1.54) is 18.2 Å². The standard InChI is InChI=1S/C15H18ClFN6O/c1-9-7-13(19-6-5-18-2)22-14(20-9)23-15(24)21-10-3-4-12(17)11(16)8-10/h3-4,7-8,18H,5-6H2,1-2H3,(H3,19,20,21,22,23,24). The van der Waals surface area contributed by atoms with E-state index in [-0.39, 0.29) is 11.0 Å². The molecule has 128 valence electrons. The molecule has 1 heterocycles. The van der Waals surface area contributed by atoms with E-state index >= 15 is 0 Å². The Labute approximate surface area is 144 Å². The molecule has 0 radical (unpaired) electrons. The quantitative estimate of drug-likeness (QED) is 0.600. The molecule has 24 heavy (non-hydrogen) atoms. The predicted molar refractivity (Wildman–Crippen MR) is 93.2 cm³/mol. The van der Waals surface area contributed by atoms with Crippen LogP contribution in [0.25, 0.3) is 0 Å². The lowest BCUT2D eigenvalue weighted by Gasteiger charge is -2.10. The summed E-state index contributed by atoms with van der Waals surface area (Å²) >= 11 is 5.67. The molecule has 0 aliphatic carbocycles. The van der Waals surface area contributed by atoms with Crippen molar-refractivity contribution in [3.8, 4) is 0 Å². The minimum atomic E-state index is -0.554. The first-order chi connectivity index (χ1) is 11.5. The first-order valence-corrected chi connectivity index (χ1v) is 7.63. The second-order valence-electron chi connectivity index (χ2n) is 4.96. The minimum absolute atomic E-state index is 0.0735. The summed E-state index contributed by atoms with van der Waals surface area (Å²) in [4.78, 5) is 20.4. The summed E-state index contributed by atoms with van der Waals surface area (Å²) in [7, 11) is 1.85. The van der Waals surface area contributed by atoms with Crippen LogP contribution >= 0.6 is 11.6 Å². The molecule has 1 aromatic heterocycles. The molecule has 0 saturated carbocycles. The molecule has 0 aliphatic heterocycles. The molecule has 7 nitrogen and oxygen atoms in total. The van der Waals surface area contributed by atoms with Crippen molar-refractivity contribution in [2.24, 2.45) is 0 Å². The second kappa shape index (κ2) is 8.42. The highest BCUT2D eigenvalue weighted by atomic mass is 35.5. The Hall–Kier alpha value is -2.45. The number of carbonyl (C=O) groups excluding carboxylic acids is 1. The average Bonchev–Trinajstić information content (AvgIpc) is 2.50. The molecular weight excluding hydrogens is 335 g/mol. The highest BCUT2D eigenvalue weighted by molar-refractivity contribution is 6.31. The van der Waals surface area contributed by atoms with E-state index in [4.69, 9.17) is 11.6 Å². The molecule has 2 amide bonds. The molecule has 0 saturated heterocycles. The number of hydrogen-bond acceptors (Lipinski definition) is 5. The third kappa shape index (κ3) is 5.32. The highest BCUT2D eigenvalue weighted by Crippen LogP contribution is 2.19. The van der Waals surface area contributed by atoms with Crippen molar-refractivity contribution in [3.05, 3.63) is 40.8 Å². The van der Waals surface area contributed by atoms with Gasteiger partial charge in [0.2, 0.25) is 5.95 Å². The zero-order valence-electron chi connectivity index (χ0n) is 13.3. The van der Waals surface area contributed by atoms with Crippen LogP contribution in [0.5, 0.6) is 0 Å². The van der Waals surface area contributed by atoms with E-state index in [1.807, 2.05) is 7.05 Å². The smallest absolute Gasteiger partial charge is 0.326 e. The summed E-state index contributed by atoms with van der Waals surface area (Å²) < 4.78 is 13.1. The lowest BCUT2D eigenvalue weighted by molar-refractivity contribution is 0.262. The summed E-state index contributed by atoms with van der Waals surface area (Å²) in [6.07, 6.45) is 0. The maximum Gasteiger partial charge on any atom is 0.326 e. The zero-order valence-corrected chi connectivity index (χ0v) is 14.0. The highest BCUT2D eigenvalue weighted by Gasteiger charge is 2.08. The van der Waals surface area contributed by atoms with Gasteiger partial charge in [-0.25, -0.2) is 14.2 Å². The lowest BCUT2D eigenvalue weighted by Crippen LogP contribution is -2.22. The number of aryl methyl sites for hydroxylation is 1. The summed E-state index contributed by atoms with van der Waals surface area (Å²) in [6, 6.07) is 5.12. The Kier molecular flexibility index (Phi) is 6.28. The van der Waals surface area contributed by atoms with Gasteiger partial charge in [0.1, 0.15) is 11.6 Å². The number of hydrogen-bond donors (Lipinski definition) is 4. The maximum atomic E-state index is 13.1. The van der Waals surface area contributed by atoms with Crippen LogP contribution in [-0.4, -0.2) is 36.1 Å². The van der Waals surface area contributed by atoms with Gasteiger partial charge in [0.25, 0.3) is 0 Å². The number of likely N-dealkylation sites (N-methyl/N-ethyl adjacent to an activating group) is 1. The number of nitrogens with zero attached hydrogens (tertiary/aromatic N) is 2. The van der Waals surface area contributed by atoms with Gasteiger partial charge >= 0.3 is 6.03 Å². The Morgan fingerprint density at radius 3 is 2.71 bits per heavy atom. The van der Waals surface area contributed by atoms with Gasteiger partial charge in [0.05, 0.1) is 5.02 Å². The van der Waals surface area contributed by atoms with Crippen LogP contribution in [0.3, 0.4) is 0 Å². The van der Waals surface area contributed by atoms with Crippen molar-refractivity contribution >= 4 is 35.1 Å². The van der Waals surface area contributed by atoms with Gasteiger partial charge in [0.15, 0.2) is 0 Å². The van der Waals surface area contributed by atoms with Crippen molar-refractivity contribution < 1.29 is 9.18 Å². The van der Waals surface area contributed by atoms with Gasteiger partial charge in [-0.15, -0.1) is 0 Å². The maximum absolute atomic E-state index is 13.1. The van der Waals surface area contributed by atoms with E-state index in [2.05, 4.69) is 31.2 Å². The van der Waals surface area contributed by atoms with Crippen LogP contribution in [0.1, 0.15) is 5.69 Å². The number of anilines is 3. The van der Waals surface area contributed by atoms with Crippen molar-refractivity contribution in [2.75, 3.05) is 36.1 Å². The topological polar surface area (TPSA) is 91.0 Å². The molecule has 0 unspecified atom stereocenters. The van der Waals surface area contributed by atoms with Crippen LogP contribution in [-0.2, 0) is 0 Å². The molecule has 2 rings (SSSR count). The van der Waals surface area contributed by atoms with Crippen molar-refractivity contribution in [3.63, 3.8) is 0 Å². The molecule has 0 aliphatic rings. The molecular formula is C15H18ClFN6O. The summed E-state index contributed by atoms with van der Waals surface area (Å²) in [5, 5.41) is 11.1. The van der Waals surface area contributed by atoms with Crippen molar-refractivity contribution in [1.82, 2.24) is 15.3 Å². The monoisotopic (exact) mass is 352 g/mol. The number of halogens is 2. The first-order valence-electron chi connectivity index (χ1n) is 7.25. The van der Waals surface area contributed by atoms with Crippen LogP contribution in [0.15, 0.2) is 24.3 Å². The second-order valence-corrected chi connectivity index (χ2v) is 5.36. The van der Waals surface area contributed by atoms with Crippen molar-refractivity contribution in [2.45, 2.75) is 6.92 Å². The van der Waals surface area contributed by atoms with Crippen LogP contribution in [0.4, 0.5) is 26.6 Å². The molecule has 0 spiro atoms. The van der Waals surface area contributed by atoms with Crippen LogP contribution in [0.2, 0.25) is 5.02 Å². The fraction of sp³-hybridized carbons (Fsp3) is 0.267. The number of benzene rings is 1. The number of aromatic nitrogens is 2. The number of amides is 2. The number of carbonyl (C=O) groups is 1. The van der Waals surface area contributed by atoms with E-state index in [0.29, 0.717) is 23.7 Å². The average molecular weight is 353 g/mol. The molecule has 0 fully saturated rings. The minimum Gasteiger partial charge on any atom is -0.369 e. The van der Waals surface area contributed by atoms with E-state index < -0.39 is 11.8 Å². The SMILES string of the molecule is CNCCNc1cc(C)nc(NC(=O)Nc2ccc(F)c(Cl)c2)n1. The summed E-state index contributed by atoms with van der Waals surface area (Å²) in [5.74, 6) is 0.215. The third-order valence-electron chi connectivity index (χ3n) is 2.94. The first kappa shape index (κ1) is 17.9. The predicted octanol–water partition coefficient (Wildman–Crippen LogP) is 2.85. The molecule has 0 atom stereocenters. The van der Waals surface area contributed by atoms with Crippen LogP contribution < -0.4 is 21.3 Å². The molecule has 9 heteroatoms. The lowest BCUT2D eigenvalue weighted by atomic mass is 10.3. The summed E-state index contributed by atoms with van der Waals surface area (Å²) in [6.45, 7) is 3.26. The Balaban J connectivity index is 2.01. The molecule has 2 aromatic rings. The van der Waals surface area contributed by atoms with Crippen molar-refractivity contribution in [1.29, 1.82) is 0 Å². The van der Waals surface area contributed by atoms with Gasteiger partial charge in [-0.2, -0.15) is 4.98 Å². The van der Waals surface area contributed by atoms with E-state index in [9.17, 15) is 9.18 Å². The van der Waals surface area contributed by atoms with Crippen LogP contribution in [0, 0.1) is 12.7 Å². The Morgan fingerprint density at radius 1 is 1.21 bits per heavy atom. The zero-order chi connectivity index (χ0) is 17.5. The summed E-state index contributed by atoms with van der Waals surface area (Å²) in [5.41, 5.74) is 1.07. The van der Waals surface area contributed by atoms with Gasteiger partial charge < -0.3 is 16.0 Å². The van der Waals surface area contributed by atoms with Gasteiger partial charge in [0, 0.05) is 30.5 Å². The number of urea groups is 1. The van der Waals surface area contributed by atoms with E-state index in [1.54, 1.807) is 13.0 Å². The molecule has 1 aromatic carbocycles. The fourth-order valence-electron chi connectivity index (χ4n) is 1.87. The molecule has 0 bridgehead atoms. The number of nitrogens with one attached hydrogen (secondary N) is 4. The Bertz CT molecular complexity index is 727.